The van der Waals surface area contributed by atoms with E-state index in [0.717, 1.165) is 27.9 Å². The van der Waals surface area contributed by atoms with Crippen molar-refractivity contribution in [2.24, 2.45) is 5.92 Å². The smallest absolute Gasteiger partial charge is 0.233 e. The normalized spacial score (nSPS) is 24.8. The van der Waals surface area contributed by atoms with E-state index in [1.165, 1.54) is 12.1 Å². The molecule has 53 heavy (non-hydrogen) atoms. The number of para-hydroxylation sites is 1. The second-order valence-electron chi connectivity index (χ2n) is 13.6. The fourth-order valence-corrected chi connectivity index (χ4v) is 7.31. The lowest BCUT2D eigenvalue weighted by atomic mass is 9.77. The van der Waals surface area contributed by atoms with E-state index in [1.807, 2.05) is 91.0 Å². The maximum atomic E-state index is 13.9. The Kier molecular flexibility index (Phi) is 11.0. The molecule has 2 aliphatic heterocycles. The molecular formula is C43H42FNO8. The lowest BCUT2D eigenvalue weighted by Gasteiger charge is -2.48. The lowest BCUT2D eigenvalue weighted by molar-refractivity contribution is -0.231. The van der Waals surface area contributed by atoms with Crippen LogP contribution < -0.4 is 9.64 Å². The maximum Gasteiger partial charge on any atom is 0.233 e. The van der Waals surface area contributed by atoms with Crippen molar-refractivity contribution in [1.29, 1.82) is 0 Å². The number of anilines is 1. The van der Waals surface area contributed by atoms with Crippen LogP contribution in [0.15, 0.2) is 127 Å². The van der Waals surface area contributed by atoms with E-state index >= 15 is 0 Å². The molecule has 0 aliphatic carbocycles. The zero-order chi connectivity index (χ0) is 37.1. The van der Waals surface area contributed by atoms with E-state index in [1.54, 1.807) is 29.2 Å². The van der Waals surface area contributed by atoms with Crippen LogP contribution in [0.3, 0.4) is 0 Å². The molecule has 5 aromatic carbocycles. The van der Waals surface area contributed by atoms with Crippen molar-refractivity contribution >= 4 is 11.6 Å². The molecule has 0 saturated carbocycles. The number of halogens is 1. The van der Waals surface area contributed by atoms with E-state index in [9.17, 15) is 34.7 Å². The van der Waals surface area contributed by atoms with Gasteiger partial charge in [-0.1, -0.05) is 97.1 Å². The Morgan fingerprint density at radius 2 is 1.43 bits per heavy atom. The fraction of sp³-hybridized carbons (Fsp3) is 0.279. The van der Waals surface area contributed by atoms with Gasteiger partial charge in [0.2, 0.25) is 5.91 Å². The van der Waals surface area contributed by atoms with E-state index in [-0.39, 0.29) is 18.3 Å². The molecule has 2 fully saturated rings. The Bertz CT molecular complexity index is 1980. The molecule has 5 aromatic rings. The number of amides is 1. The average molecular weight is 720 g/mol. The van der Waals surface area contributed by atoms with Crippen LogP contribution in [0.2, 0.25) is 0 Å². The Morgan fingerprint density at radius 1 is 0.774 bits per heavy atom. The molecule has 2 saturated heterocycles. The van der Waals surface area contributed by atoms with Gasteiger partial charge >= 0.3 is 0 Å². The van der Waals surface area contributed by atoms with Crippen LogP contribution in [0.4, 0.5) is 10.1 Å². The number of nitrogens with zero attached hydrogens (tertiary/aromatic N) is 1. The van der Waals surface area contributed by atoms with Crippen LogP contribution in [0.1, 0.15) is 53.3 Å². The van der Waals surface area contributed by atoms with Crippen LogP contribution in [-0.2, 0) is 16.1 Å². The summed E-state index contributed by atoms with van der Waals surface area (Å²) in [6.07, 6.45) is -6.45. The van der Waals surface area contributed by atoms with Gasteiger partial charge in [0.1, 0.15) is 48.7 Å². The molecule has 8 atom stereocenters. The number of carbonyl (C=O) groups is 1. The number of hydrogen-bond donors (Lipinski definition) is 5. The fourth-order valence-electron chi connectivity index (χ4n) is 7.31. The minimum Gasteiger partial charge on any atom is -0.489 e. The molecule has 274 valence electrons. The Hall–Kier alpha value is -4.94. The third kappa shape index (κ3) is 7.61. The predicted molar refractivity (Wildman–Crippen MR) is 196 cm³/mol. The van der Waals surface area contributed by atoms with Crippen molar-refractivity contribution < 1.29 is 44.2 Å². The molecule has 0 spiro atoms. The third-order valence-electron chi connectivity index (χ3n) is 10.3. The summed E-state index contributed by atoms with van der Waals surface area (Å²) in [6.45, 7) is -0.227. The van der Waals surface area contributed by atoms with Crippen LogP contribution in [0, 0.1) is 11.7 Å². The number of ether oxygens (including phenoxy) is 2. The molecule has 1 amide bonds. The van der Waals surface area contributed by atoms with Gasteiger partial charge in [0, 0.05) is 11.3 Å². The summed E-state index contributed by atoms with van der Waals surface area (Å²) in [6, 6.07) is 37.7. The Labute approximate surface area is 307 Å². The van der Waals surface area contributed by atoms with Gasteiger partial charge in [0.15, 0.2) is 0 Å². The SMILES string of the molecule is O=C1[C@H](CCC(O)c2ccc(F)cc2)[C@@H](c2ccc(-c3ccc([C@@H]4O[C@H](CO)[C@@H](O)[C@H](O)[C@H]4O)cc3)cc2OCc2ccccc2)N1c1ccccc1. The molecule has 5 N–H and O–H groups in total. The van der Waals surface area contributed by atoms with Crippen LogP contribution in [0.5, 0.6) is 5.75 Å². The molecule has 0 aromatic heterocycles. The summed E-state index contributed by atoms with van der Waals surface area (Å²) < 4.78 is 25.8. The highest BCUT2D eigenvalue weighted by molar-refractivity contribution is 6.03. The number of aliphatic hydroxyl groups excluding tert-OH is 5. The minimum absolute atomic E-state index is 0.0608. The highest BCUT2D eigenvalue weighted by atomic mass is 19.1. The maximum absolute atomic E-state index is 13.9. The summed E-state index contributed by atoms with van der Waals surface area (Å²) in [5.41, 5.74) is 5.35. The van der Waals surface area contributed by atoms with Gasteiger partial charge < -0.3 is 39.9 Å². The quantitative estimate of drug-likeness (QED) is 0.102. The number of carbonyl (C=O) groups excluding carboxylic acids is 1. The van der Waals surface area contributed by atoms with Crippen molar-refractivity contribution in [2.45, 2.75) is 62.1 Å². The van der Waals surface area contributed by atoms with E-state index in [2.05, 4.69) is 0 Å². The van der Waals surface area contributed by atoms with Gasteiger partial charge in [-0.05, 0) is 71.0 Å². The summed E-state index contributed by atoms with van der Waals surface area (Å²) in [5.74, 6) is -0.306. The first-order valence-electron chi connectivity index (χ1n) is 17.8. The van der Waals surface area contributed by atoms with Gasteiger partial charge in [-0.2, -0.15) is 0 Å². The first-order chi connectivity index (χ1) is 25.7. The lowest BCUT2D eigenvalue weighted by Crippen LogP contribution is -2.55. The molecule has 9 nitrogen and oxygen atoms in total. The first kappa shape index (κ1) is 36.4. The molecule has 0 radical (unpaired) electrons. The molecule has 10 heteroatoms. The molecule has 2 heterocycles. The zero-order valence-electron chi connectivity index (χ0n) is 28.9. The largest absolute Gasteiger partial charge is 0.489 e. The average Bonchev–Trinajstić information content (AvgIpc) is 3.19. The van der Waals surface area contributed by atoms with Crippen molar-refractivity contribution in [3.63, 3.8) is 0 Å². The molecular weight excluding hydrogens is 677 g/mol. The summed E-state index contributed by atoms with van der Waals surface area (Å²) in [5, 5.41) is 51.8. The summed E-state index contributed by atoms with van der Waals surface area (Å²) in [4.78, 5) is 15.6. The van der Waals surface area contributed by atoms with E-state index < -0.39 is 55.2 Å². The number of rotatable bonds is 12. The first-order valence-corrected chi connectivity index (χ1v) is 17.8. The van der Waals surface area contributed by atoms with Crippen molar-refractivity contribution in [3.8, 4) is 16.9 Å². The summed E-state index contributed by atoms with van der Waals surface area (Å²) in [7, 11) is 0. The van der Waals surface area contributed by atoms with Crippen molar-refractivity contribution in [3.05, 3.63) is 155 Å². The Morgan fingerprint density at radius 3 is 2.11 bits per heavy atom. The molecule has 7 rings (SSSR count). The number of β-lactam (4-membered cyclic amide) rings is 1. The minimum atomic E-state index is -1.48. The highest BCUT2D eigenvalue weighted by Crippen LogP contribution is 2.49. The number of benzene rings is 5. The van der Waals surface area contributed by atoms with Crippen LogP contribution in [-0.4, -0.2) is 62.5 Å². The highest BCUT2D eigenvalue weighted by Gasteiger charge is 2.49. The molecule has 2 aliphatic rings. The summed E-state index contributed by atoms with van der Waals surface area (Å²) >= 11 is 0. The number of hydrogen-bond acceptors (Lipinski definition) is 8. The van der Waals surface area contributed by atoms with Gasteiger partial charge in [-0.15, -0.1) is 0 Å². The number of aliphatic hydroxyl groups is 5. The van der Waals surface area contributed by atoms with Crippen LogP contribution >= 0.6 is 0 Å². The van der Waals surface area contributed by atoms with Crippen molar-refractivity contribution in [1.82, 2.24) is 0 Å². The second-order valence-corrected chi connectivity index (χ2v) is 13.6. The topological polar surface area (TPSA) is 140 Å². The van der Waals surface area contributed by atoms with E-state index in [0.29, 0.717) is 29.7 Å². The monoisotopic (exact) mass is 719 g/mol. The Balaban J connectivity index is 1.20. The molecule has 1 unspecified atom stereocenters. The van der Waals surface area contributed by atoms with Crippen LogP contribution in [0.25, 0.3) is 11.1 Å². The third-order valence-corrected chi connectivity index (χ3v) is 10.3. The van der Waals surface area contributed by atoms with Gasteiger partial charge in [-0.3, -0.25) is 4.79 Å². The standard InChI is InChI=1S/C43H42FNO8/c44-31-18-15-28(16-19-31)35(47)22-21-34-38(45(43(34)51)32-9-5-2-6-10-32)33-20-17-30(23-36(33)52-25-26-7-3-1-4-8-26)27-11-13-29(14-12-27)42-41(50)40(49)39(48)37(24-46)53-42/h1-20,23,34-35,37-42,46-50H,21-22,24-25H2/t34-,35?,37-,38-,39-,40+,41-,42+/m1/s1. The van der Waals surface area contributed by atoms with Gasteiger partial charge in [0.25, 0.3) is 0 Å². The van der Waals surface area contributed by atoms with E-state index in [4.69, 9.17) is 9.47 Å². The zero-order valence-corrected chi connectivity index (χ0v) is 28.9. The van der Waals surface area contributed by atoms with Crippen molar-refractivity contribution in [2.75, 3.05) is 11.5 Å². The molecule has 0 bridgehead atoms. The van der Waals surface area contributed by atoms with Gasteiger partial charge in [-0.25, -0.2) is 4.39 Å². The second kappa shape index (κ2) is 16.0. The van der Waals surface area contributed by atoms with Gasteiger partial charge in [0.05, 0.1) is 24.7 Å². The predicted octanol–water partition coefficient (Wildman–Crippen LogP) is 5.80.